The second kappa shape index (κ2) is 4.56. The fraction of sp³-hybridized carbons (Fsp3) is 0.154. The van der Waals surface area contributed by atoms with Crippen molar-refractivity contribution in [1.82, 2.24) is 10.2 Å². The van der Waals surface area contributed by atoms with Crippen LogP contribution in [0.15, 0.2) is 40.4 Å². The van der Waals surface area contributed by atoms with Gasteiger partial charge in [0.15, 0.2) is 5.78 Å². The number of oxime groups is 1. The van der Waals surface area contributed by atoms with E-state index in [2.05, 4.69) is 15.4 Å². The van der Waals surface area contributed by atoms with E-state index < -0.39 is 5.56 Å². The quantitative estimate of drug-likeness (QED) is 0.806. The van der Waals surface area contributed by atoms with Crippen LogP contribution in [0.5, 0.6) is 0 Å². The molecule has 2 heterocycles. The Bertz CT molecular complexity index is 712. The van der Waals surface area contributed by atoms with Crippen LogP contribution in [-0.4, -0.2) is 28.3 Å². The van der Waals surface area contributed by atoms with Gasteiger partial charge in [-0.05, 0) is 6.07 Å². The second-order valence-electron chi connectivity index (χ2n) is 4.19. The first-order valence-electron chi connectivity index (χ1n) is 5.86. The van der Waals surface area contributed by atoms with E-state index in [-0.39, 0.29) is 11.3 Å². The van der Waals surface area contributed by atoms with Crippen molar-refractivity contribution in [3.05, 3.63) is 57.5 Å². The fourth-order valence-corrected chi connectivity index (χ4v) is 1.98. The third kappa shape index (κ3) is 2.08. The Balaban J connectivity index is 1.98. The van der Waals surface area contributed by atoms with Gasteiger partial charge >= 0.3 is 0 Å². The van der Waals surface area contributed by atoms with Gasteiger partial charge < -0.3 is 9.94 Å². The van der Waals surface area contributed by atoms with Crippen molar-refractivity contribution in [2.45, 2.75) is 6.42 Å². The fourth-order valence-electron chi connectivity index (χ4n) is 1.98. The smallest absolute Gasteiger partial charge is 0.275 e. The van der Waals surface area contributed by atoms with E-state index in [0.29, 0.717) is 12.2 Å². The predicted molar refractivity (Wildman–Crippen MR) is 68.4 cm³/mol. The van der Waals surface area contributed by atoms with Crippen LogP contribution >= 0.6 is 0 Å². The average Bonchev–Trinajstić information content (AvgIpc) is 3.09. The minimum Gasteiger partial charge on any atom is -0.395 e. The molecule has 1 aromatic carbocycles. The van der Waals surface area contributed by atoms with E-state index in [0.717, 1.165) is 17.7 Å². The van der Waals surface area contributed by atoms with Crippen LogP contribution in [0.25, 0.3) is 0 Å². The molecule has 2 N–H and O–H groups in total. The van der Waals surface area contributed by atoms with Gasteiger partial charge in [0.25, 0.3) is 5.56 Å². The summed E-state index contributed by atoms with van der Waals surface area (Å²) in [7, 11) is 0. The predicted octanol–water partition coefficient (Wildman–Crippen LogP) is 1.06. The average molecular weight is 257 g/mol. The minimum atomic E-state index is -0.419. The molecule has 6 heteroatoms. The molecule has 0 saturated heterocycles. The molecule has 19 heavy (non-hydrogen) atoms. The molecule has 0 bridgehead atoms. The van der Waals surface area contributed by atoms with E-state index in [1.165, 1.54) is 6.20 Å². The third-order valence-electron chi connectivity index (χ3n) is 2.95. The number of H-pyrrole nitrogens is 2. The first kappa shape index (κ1) is 11.5. The van der Waals surface area contributed by atoms with Gasteiger partial charge in [-0.25, -0.2) is 0 Å². The first-order chi connectivity index (χ1) is 9.25. The van der Waals surface area contributed by atoms with E-state index >= 15 is 0 Å². The largest absolute Gasteiger partial charge is 0.395 e. The zero-order chi connectivity index (χ0) is 13.2. The molecule has 0 aliphatic carbocycles. The summed E-state index contributed by atoms with van der Waals surface area (Å²) < 4.78 is 0. The SMILES string of the molecule is O=C(c1cccc(C2=NOCC2)c1)c1c[nH][nH]c1=O. The molecule has 1 aliphatic heterocycles. The lowest BCUT2D eigenvalue weighted by atomic mass is 10.0. The maximum absolute atomic E-state index is 12.2. The molecule has 1 aliphatic rings. The lowest BCUT2D eigenvalue weighted by Gasteiger charge is -2.02. The Morgan fingerprint density at radius 3 is 2.95 bits per heavy atom. The van der Waals surface area contributed by atoms with Crippen LogP contribution < -0.4 is 5.56 Å². The van der Waals surface area contributed by atoms with Crippen LogP contribution in [0.3, 0.4) is 0 Å². The number of rotatable bonds is 3. The van der Waals surface area contributed by atoms with Gasteiger partial charge in [0.05, 0.1) is 5.71 Å². The van der Waals surface area contributed by atoms with E-state index in [4.69, 9.17) is 4.84 Å². The van der Waals surface area contributed by atoms with Gasteiger partial charge in [-0.1, -0.05) is 23.4 Å². The van der Waals surface area contributed by atoms with Crippen LogP contribution in [0.2, 0.25) is 0 Å². The van der Waals surface area contributed by atoms with Gasteiger partial charge in [0, 0.05) is 23.7 Å². The third-order valence-corrected chi connectivity index (χ3v) is 2.95. The molecule has 6 nitrogen and oxygen atoms in total. The minimum absolute atomic E-state index is 0.0989. The molecular formula is C13H11N3O3. The van der Waals surface area contributed by atoms with E-state index in [1.54, 1.807) is 18.2 Å². The molecule has 0 unspecified atom stereocenters. The maximum atomic E-state index is 12.2. The number of carbonyl (C=O) groups excluding carboxylic acids is 1. The van der Waals surface area contributed by atoms with Crippen molar-refractivity contribution < 1.29 is 9.63 Å². The summed E-state index contributed by atoms with van der Waals surface area (Å²) in [6, 6.07) is 7.03. The number of benzene rings is 1. The molecule has 0 radical (unpaired) electrons. The molecule has 1 aromatic heterocycles. The number of carbonyl (C=O) groups is 1. The molecule has 0 fully saturated rings. The summed E-state index contributed by atoms with van der Waals surface area (Å²) in [5.41, 5.74) is 1.80. The van der Waals surface area contributed by atoms with Crippen LogP contribution in [0.1, 0.15) is 27.9 Å². The van der Waals surface area contributed by atoms with Gasteiger partial charge in [0.1, 0.15) is 12.2 Å². The van der Waals surface area contributed by atoms with Crippen LogP contribution in [-0.2, 0) is 4.84 Å². The van der Waals surface area contributed by atoms with Gasteiger partial charge in [0.2, 0.25) is 0 Å². The number of hydrogen-bond acceptors (Lipinski definition) is 4. The Hall–Kier alpha value is -2.63. The van der Waals surface area contributed by atoms with E-state index in [9.17, 15) is 9.59 Å². The van der Waals surface area contributed by atoms with Crippen LogP contribution in [0.4, 0.5) is 0 Å². The van der Waals surface area contributed by atoms with Gasteiger partial charge in [-0.2, -0.15) is 0 Å². The highest BCUT2D eigenvalue weighted by atomic mass is 16.6. The number of nitrogens with zero attached hydrogens (tertiary/aromatic N) is 1. The first-order valence-corrected chi connectivity index (χ1v) is 5.86. The highest BCUT2D eigenvalue weighted by Gasteiger charge is 2.16. The topological polar surface area (TPSA) is 87.3 Å². The van der Waals surface area contributed by atoms with E-state index in [1.807, 2.05) is 6.07 Å². The highest BCUT2D eigenvalue weighted by molar-refractivity contribution is 6.10. The lowest BCUT2D eigenvalue weighted by Crippen LogP contribution is -2.13. The summed E-state index contributed by atoms with van der Waals surface area (Å²) >= 11 is 0. The molecule has 96 valence electrons. The van der Waals surface area contributed by atoms with Gasteiger partial charge in [-0.15, -0.1) is 0 Å². The number of aromatic amines is 2. The molecule has 0 atom stereocenters. The summed E-state index contributed by atoms with van der Waals surface area (Å²) in [5.74, 6) is -0.316. The molecule has 0 amide bonds. The van der Waals surface area contributed by atoms with Crippen molar-refractivity contribution in [1.29, 1.82) is 0 Å². The highest BCUT2D eigenvalue weighted by Crippen LogP contribution is 2.14. The number of hydrogen-bond donors (Lipinski definition) is 2. The second-order valence-corrected chi connectivity index (χ2v) is 4.19. The van der Waals surface area contributed by atoms with Crippen molar-refractivity contribution in [3.63, 3.8) is 0 Å². The monoisotopic (exact) mass is 257 g/mol. The summed E-state index contributed by atoms with van der Waals surface area (Å²) in [4.78, 5) is 28.6. The molecule has 3 rings (SSSR count). The molecular weight excluding hydrogens is 246 g/mol. The zero-order valence-corrected chi connectivity index (χ0v) is 9.97. The Labute approximate surface area is 108 Å². The maximum Gasteiger partial charge on any atom is 0.275 e. The molecule has 0 saturated carbocycles. The zero-order valence-electron chi connectivity index (χ0n) is 9.97. The normalized spacial score (nSPS) is 14.0. The van der Waals surface area contributed by atoms with Crippen molar-refractivity contribution >= 4 is 11.5 Å². The number of ketones is 1. The Kier molecular flexibility index (Phi) is 2.75. The lowest BCUT2D eigenvalue weighted by molar-refractivity contribution is 0.103. The van der Waals surface area contributed by atoms with Crippen molar-refractivity contribution in [2.75, 3.05) is 6.61 Å². The summed E-state index contributed by atoms with van der Waals surface area (Å²) in [5, 5.41) is 8.78. The van der Waals surface area contributed by atoms with Crippen LogP contribution in [0, 0.1) is 0 Å². The molecule has 2 aromatic rings. The number of aromatic nitrogens is 2. The standard InChI is InChI=1S/C13H11N3O3/c17-12(10-7-14-15-13(10)18)9-3-1-2-8(6-9)11-4-5-19-16-11/h1-3,6-7H,4-5H2,(H2,14,15,18). The van der Waals surface area contributed by atoms with Crippen molar-refractivity contribution in [3.8, 4) is 0 Å². The Morgan fingerprint density at radius 2 is 2.26 bits per heavy atom. The molecule has 0 spiro atoms. The summed E-state index contributed by atoms with van der Waals surface area (Å²) in [6.45, 7) is 0.561. The van der Waals surface area contributed by atoms with Crippen molar-refractivity contribution in [2.24, 2.45) is 5.16 Å². The Morgan fingerprint density at radius 1 is 1.37 bits per heavy atom. The summed E-state index contributed by atoms with van der Waals surface area (Å²) in [6.07, 6.45) is 2.09. The van der Waals surface area contributed by atoms with Gasteiger partial charge in [-0.3, -0.25) is 14.7 Å². The number of nitrogens with one attached hydrogen (secondary N) is 2.